The molecule has 0 aromatic carbocycles. The molecule has 2 aliphatic carbocycles. The van der Waals surface area contributed by atoms with Crippen molar-refractivity contribution in [3.8, 4) is 0 Å². The number of carbonyl (C=O) groups is 4. The van der Waals surface area contributed by atoms with Gasteiger partial charge >= 0.3 is 0 Å². The predicted octanol–water partition coefficient (Wildman–Crippen LogP) is 0.719. The third-order valence-electron chi connectivity index (χ3n) is 6.67. The summed E-state index contributed by atoms with van der Waals surface area (Å²) < 4.78 is 25.9. The van der Waals surface area contributed by atoms with Gasteiger partial charge in [-0.2, -0.15) is 0 Å². The van der Waals surface area contributed by atoms with Crippen LogP contribution in [-0.4, -0.2) is 60.8 Å². The molecule has 3 rings (SSSR count). The van der Waals surface area contributed by atoms with Crippen LogP contribution in [0.4, 0.5) is 0 Å². The first-order valence-electron chi connectivity index (χ1n) is 12.2. The van der Waals surface area contributed by atoms with Crippen molar-refractivity contribution < 1.29 is 27.6 Å². The Balaban J connectivity index is 1.34. The van der Waals surface area contributed by atoms with Crippen LogP contribution in [0.2, 0.25) is 0 Å². The highest BCUT2D eigenvalue weighted by molar-refractivity contribution is 7.90. The lowest BCUT2D eigenvalue weighted by Gasteiger charge is -2.27. The van der Waals surface area contributed by atoms with Crippen LogP contribution in [0.25, 0.3) is 0 Å². The van der Waals surface area contributed by atoms with Crippen molar-refractivity contribution in [1.29, 1.82) is 0 Å². The Morgan fingerprint density at radius 1 is 1.12 bits per heavy atom. The molecule has 3 fully saturated rings. The number of nitrogens with one attached hydrogen (secondary N) is 2. The maximum absolute atomic E-state index is 12.9. The minimum Gasteiger partial charge on any atom is -0.368 e. The summed E-state index contributed by atoms with van der Waals surface area (Å²) >= 11 is 0. The number of likely N-dealkylation sites (tertiary alicyclic amines) is 1. The number of sulfonamides is 1. The molecule has 10 nitrogen and oxygen atoms in total. The fourth-order valence-electron chi connectivity index (χ4n) is 4.49. The molecule has 1 saturated heterocycles. The summed E-state index contributed by atoms with van der Waals surface area (Å²) in [6, 6.07) is -1.26. The third-order valence-corrected chi connectivity index (χ3v) is 8.50. The first kappa shape index (κ1) is 26.2. The molecule has 1 aliphatic heterocycles. The maximum Gasteiger partial charge on any atom is 0.245 e. The van der Waals surface area contributed by atoms with Crippen LogP contribution in [-0.2, 0) is 29.2 Å². The molecule has 11 heteroatoms. The van der Waals surface area contributed by atoms with E-state index in [1.54, 1.807) is 0 Å². The molecular weight excluding hydrogens is 460 g/mol. The number of nitrogens with zero attached hydrogens (tertiary/aromatic N) is 1. The number of hydrogen-bond donors (Lipinski definition) is 3. The molecule has 2 saturated carbocycles. The third kappa shape index (κ3) is 7.28. The van der Waals surface area contributed by atoms with Crippen LogP contribution < -0.4 is 15.8 Å². The van der Waals surface area contributed by atoms with Crippen molar-refractivity contribution >= 4 is 33.7 Å². The normalized spacial score (nSPS) is 25.2. The monoisotopic (exact) mass is 496 g/mol. The predicted molar refractivity (Wildman–Crippen MR) is 125 cm³/mol. The topological polar surface area (TPSA) is 156 Å². The van der Waals surface area contributed by atoms with E-state index in [4.69, 9.17) is 5.73 Å². The van der Waals surface area contributed by atoms with Crippen LogP contribution in [0.3, 0.4) is 0 Å². The molecule has 3 aliphatic rings. The molecule has 0 spiro atoms. The Kier molecular flexibility index (Phi) is 8.72. The molecule has 1 unspecified atom stereocenters. The van der Waals surface area contributed by atoms with E-state index < -0.39 is 39.2 Å². The Morgan fingerprint density at radius 2 is 1.85 bits per heavy atom. The first-order chi connectivity index (χ1) is 16.1. The van der Waals surface area contributed by atoms with Crippen molar-refractivity contribution in [3.05, 3.63) is 12.2 Å². The molecule has 0 aromatic heterocycles. The lowest BCUT2D eigenvalue weighted by molar-refractivity contribution is -0.140. The van der Waals surface area contributed by atoms with Crippen LogP contribution >= 0.6 is 0 Å². The second kappa shape index (κ2) is 11.3. The minimum atomic E-state index is -3.48. The van der Waals surface area contributed by atoms with Crippen molar-refractivity contribution in [3.63, 3.8) is 0 Å². The van der Waals surface area contributed by atoms with E-state index in [0.29, 0.717) is 38.6 Å². The number of carbonyl (C=O) groups excluding carboxylic acids is 4. The number of primary amides is 1. The number of amides is 4. The standard InChI is InChI=1S/C23H36N4O6S/c1-15(28)25-19(23(31)27-13-7-10-20(27)21(24)29)9-6-4-2-3-5-8-16-14-18(16)22(30)26-34(32,33)17-11-12-17/h5,8,16-20H,2-4,6-7,9-14H2,1H3,(H2,24,29)(H,25,28)(H,26,30)/b8-5-/t16-,18+,19?,20+/m1/s1. The Bertz CT molecular complexity index is 930. The average molecular weight is 497 g/mol. The lowest BCUT2D eigenvalue weighted by Crippen LogP contribution is -2.52. The van der Waals surface area contributed by atoms with Crippen LogP contribution in [0.5, 0.6) is 0 Å². The Hall–Kier alpha value is -2.43. The lowest BCUT2D eigenvalue weighted by atomic mass is 10.0. The van der Waals surface area contributed by atoms with Gasteiger partial charge in [0, 0.05) is 19.4 Å². The number of nitrogens with two attached hydrogens (primary N) is 1. The van der Waals surface area contributed by atoms with Crippen molar-refractivity contribution in [2.75, 3.05) is 6.54 Å². The van der Waals surface area contributed by atoms with E-state index in [1.165, 1.54) is 11.8 Å². The molecule has 4 amide bonds. The van der Waals surface area contributed by atoms with Gasteiger partial charge in [0.2, 0.25) is 33.7 Å². The van der Waals surface area contributed by atoms with Gasteiger partial charge in [-0.15, -0.1) is 0 Å². The highest BCUT2D eigenvalue weighted by atomic mass is 32.2. The molecule has 34 heavy (non-hydrogen) atoms. The zero-order valence-corrected chi connectivity index (χ0v) is 20.5. The molecule has 4 N–H and O–H groups in total. The molecule has 1 heterocycles. The summed E-state index contributed by atoms with van der Waals surface area (Å²) in [4.78, 5) is 49.6. The van der Waals surface area contributed by atoms with Gasteiger partial charge in [-0.05, 0) is 57.3 Å². The largest absolute Gasteiger partial charge is 0.368 e. The quantitative estimate of drug-likeness (QED) is 0.252. The van der Waals surface area contributed by atoms with Gasteiger partial charge in [0.05, 0.1) is 5.25 Å². The fourth-order valence-corrected chi connectivity index (χ4v) is 5.85. The van der Waals surface area contributed by atoms with Crippen molar-refractivity contribution in [1.82, 2.24) is 14.9 Å². The van der Waals surface area contributed by atoms with Gasteiger partial charge in [0.25, 0.3) is 0 Å². The van der Waals surface area contributed by atoms with E-state index in [1.807, 2.05) is 12.2 Å². The van der Waals surface area contributed by atoms with Gasteiger partial charge in [-0.3, -0.25) is 23.9 Å². The van der Waals surface area contributed by atoms with Gasteiger partial charge < -0.3 is 16.0 Å². The number of allylic oxidation sites excluding steroid dienone is 2. The molecular formula is C23H36N4O6S. The molecule has 4 atom stereocenters. The second-order valence-corrected chi connectivity index (χ2v) is 11.6. The van der Waals surface area contributed by atoms with Gasteiger partial charge in [0.1, 0.15) is 12.1 Å². The fraction of sp³-hybridized carbons (Fsp3) is 0.739. The molecule has 0 radical (unpaired) electrons. The molecule has 0 bridgehead atoms. The molecule has 0 aromatic rings. The Labute approximate surface area is 201 Å². The van der Waals surface area contributed by atoms with E-state index in [-0.39, 0.29) is 23.7 Å². The van der Waals surface area contributed by atoms with E-state index in [9.17, 15) is 27.6 Å². The maximum atomic E-state index is 12.9. The SMILES string of the molecule is CC(=O)NC(CCCCC/C=C\[C@@H]1C[C@@H]1C(=O)NS(=O)(=O)C1CC1)C(=O)N1CCC[C@H]1C(N)=O. The summed E-state index contributed by atoms with van der Waals surface area (Å²) in [6.45, 7) is 1.84. The number of unbranched alkanes of at least 4 members (excludes halogenated alkanes) is 3. The number of rotatable bonds is 13. The summed E-state index contributed by atoms with van der Waals surface area (Å²) in [6.07, 6.45) is 11.0. The van der Waals surface area contributed by atoms with Crippen LogP contribution in [0.1, 0.15) is 71.1 Å². The van der Waals surface area contributed by atoms with Crippen molar-refractivity contribution in [2.45, 2.75) is 88.5 Å². The van der Waals surface area contributed by atoms with E-state index in [0.717, 1.165) is 32.1 Å². The Morgan fingerprint density at radius 3 is 2.50 bits per heavy atom. The summed E-state index contributed by atoms with van der Waals surface area (Å²) in [5.41, 5.74) is 5.41. The summed E-state index contributed by atoms with van der Waals surface area (Å²) in [7, 11) is -3.48. The molecule has 190 valence electrons. The summed E-state index contributed by atoms with van der Waals surface area (Å²) in [5, 5.41) is 2.31. The smallest absolute Gasteiger partial charge is 0.245 e. The minimum absolute atomic E-state index is 0.0924. The zero-order chi connectivity index (χ0) is 24.9. The van der Waals surface area contributed by atoms with Crippen molar-refractivity contribution in [2.24, 2.45) is 17.6 Å². The zero-order valence-electron chi connectivity index (χ0n) is 19.7. The summed E-state index contributed by atoms with van der Waals surface area (Å²) in [5.74, 6) is -1.62. The van der Waals surface area contributed by atoms with Gasteiger partial charge in [-0.1, -0.05) is 25.0 Å². The highest BCUT2D eigenvalue weighted by Gasteiger charge is 2.45. The highest BCUT2D eigenvalue weighted by Crippen LogP contribution is 2.40. The van der Waals surface area contributed by atoms with Crippen LogP contribution in [0, 0.1) is 11.8 Å². The first-order valence-corrected chi connectivity index (χ1v) is 13.7. The van der Waals surface area contributed by atoms with E-state index >= 15 is 0 Å². The second-order valence-electron chi connectivity index (χ2n) is 9.63. The van der Waals surface area contributed by atoms with E-state index in [2.05, 4.69) is 10.0 Å². The van der Waals surface area contributed by atoms with Gasteiger partial charge in [-0.25, -0.2) is 8.42 Å². The van der Waals surface area contributed by atoms with Crippen LogP contribution in [0.15, 0.2) is 12.2 Å². The van der Waals surface area contributed by atoms with Gasteiger partial charge in [0.15, 0.2) is 0 Å². The average Bonchev–Trinajstić information content (AvgIpc) is 3.68. The number of hydrogen-bond acceptors (Lipinski definition) is 6.